The van der Waals surface area contributed by atoms with E-state index in [1.165, 1.54) is 18.2 Å². The van der Waals surface area contributed by atoms with E-state index in [-0.39, 0.29) is 60.9 Å². The number of hydrogen-bond acceptors (Lipinski definition) is 5. The number of aldehydes is 1. The van der Waals surface area contributed by atoms with Crippen LogP contribution in [-0.4, -0.2) is 30.6 Å². The van der Waals surface area contributed by atoms with Crippen LogP contribution in [0, 0.1) is 0 Å². The number of nitrogens with one attached hydrogen (secondary N) is 1. The van der Waals surface area contributed by atoms with E-state index < -0.39 is 11.9 Å². The van der Waals surface area contributed by atoms with Crippen molar-refractivity contribution in [2.45, 2.75) is 13.3 Å². The molecular weight excluding hydrogens is 511 g/mol. The molecule has 0 aromatic heterocycles. The largest absolute Gasteiger partial charge is 0.462 e. The number of carbonyl (C=O) groups is 3. The van der Waals surface area contributed by atoms with Gasteiger partial charge in [0.2, 0.25) is 0 Å². The van der Waals surface area contributed by atoms with E-state index in [9.17, 15) is 14.4 Å². The number of halogens is 5. The second kappa shape index (κ2) is 9.63. The highest BCUT2D eigenvalue weighted by Gasteiger charge is 2.34. The summed E-state index contributed by atoms with van der Waals surface area (Å²) in [6.07, 6.45) is 0.497. The Balaban J connectivity index is 2.02. The maximum absolute atomic E-state index is 12.6. The summed E-state index contributed by atoms with van der Waals surface area (Å²) in [5, 5.41) is 0.516. The molecule has 2 aromatic rings. The Morgan fingerprint density at radius 3 is 2.39 bits per heavy atom. The maximum Gasteiger partial charge on any atom is 0.341 e. The molecule has 0 saturated carbocycles. The summed E-state index contributed by atoms with van der Waals surface area (Å²) in [4.78, 5) is 40.1. The molecule has 0 radical (unpaired) electrons. The molecule has 1 saturated heterocycles. The van der Waals surface area contributed by atoms with Crippen molar-refractivity contribution < 1.29 is 19.1 Å². The number of hydrazine groups is 1. The molecule has 1 fully saturated rings. The number of amidine groups is 1. The fourth-order valence-corrected chi connectivity index (χ4v) is 4.06. The van der Waals surface area contributed by atoms with Gasteiger partial charge in [0.25, 0.3) is 5.91 Å². The van der Waals surface area contributed by atoms with Crippen molar-refractivity contribution >= 4 is 93.4 Å². The van der Waals surface area contributed by atoms with Gasteiger partial charge >= 0.3 is 5.97 Å². The Morgan fingerprint density at radius 1 is 1.16 bits per heavy atom. The maximum atomic E-state index is 12.6. The van der Waals surface area contributed by atoms with Crippen molar-refractivity contribution in [3.8, 4) is 0 Å². The molecule has 1 heterocycles. The molecule has 12 heteroatoms. The van der Waals surface area contributed by atoms with Gasteiger partial charge in [-0.25, -0.2) is 14.8 Å². The van der Waals surface area contributed by atoms with Gasteiger partial charge in [-0.1, -0.05) is 64.1 Å². The monoisotopic (exact) mass is 521 g/mol. The fraction of sp³-hybridized carbons (Fsp3) is 0.158. The van der Waals surface area contributed by atoms with E-state index in [1.807, 2.05) is 0 Å². The van der Waals surface area contributed by atoms with Crippen molar-refractivity contribution in [1.29, 1.82) is 0 Å². The first kappa shape index (κ1) is 23.6. The third-order valence-electron chi connectivity index (χ3n) is 4.11. The minimum atomic E-state index is -0.805. The normalized spacial score (nSPS) is 14.7. The molecular formula is C19H12Cl5N3O4. The molecule has 3 rings (SSSR count). The van der Waals surface area contributed by atoms with Crippen LogP contribution in [0.2, 0.25) is 25.1 Å². The smallest absolute Gasteiger partial charge is 0.341 e. The average Bonchev–Trinajstić information content (AvgIpc) is 3.08. The van der Waals surface area contributed by atoms with Crippen LogP contribution >= 0.6 is 58.0 Å². The standard InChI is InChI=1S/C19H12Cl5N3O4/c1-2-31-19(30)13-14(21)16(23)18(17(24)15(13)22)27-12(29)6-11(26-27)25-10-5-8(7-28)3-4-9(10)20/h3-5,7H,2,6H2,1H3,(H,25,26). The summed E-state index contributed by atoms with van der Waals surface area (Å²) < 4.78 is 4.92. The number of amides is 1. The molecule has 1 aliphatic heterocycles. The van der Waals surface area contributed by atoms with E-state index in [4.69, 9.17) is 62.7 Å². The predicted molar refractivity (Wildman–Crippen MR) is 122 cm³/mol. The fourth-order valence-electron chi connectivity index (χ4n) is 2.73. The van der Waals surface area contributed by atoms with Crippen molar-refractivity contribution in [2.75, 3.05) is 11.6 Å². The topological polar surface area (TPSA) is 88.1 Å². The summed E-state index contributed by atoms with van der Waals surface area (Å²) >= 11 is 31.2. The summed E-state index contributed by atoms with van der Waals surface area (Å²) in [6.45, 7) is 1.70. The van der Waals surface area contributed by atoms with Crippen LogP contribution in [-0.2, 0) is 9.53 Å². The van der Waals surface area contributed by atoms with Crippen molar-refractivity contribution in [1.82, 2.24) is 5.43 Å². The number of rotatable bonds is 5. The SMILES string of the molecule is CCOC(=O)c1c(Cl)c(Cl)c(N2NC(=Nc3cc(C=O)ccc3Cl)CC2=O)c(Cl)c1Cl. The van der Waals surface area contributed by atoms with Crippen LogP contribution in [0.3, 0.4) is 0 Å². The highest BCUT2D eigenvalue weighted by atomic mass is 35.5. The highest BCUT2D eigenvalue weighted by molar-refractivity contribution is 6.53. The van der Waals surface area contributed by atoms with Gasteiger partial charge in [0.05, 0.1) is 43.8 Å². The van der Waals surface area contributed by atoms with E-state index in [0.717, 1.165) is 5.01 Å². The molecule has 31 heavy (non-hydrogen) atoms. The molecule has 0 unspecified atom stereocenters. The summed E-state index contributed by atoms with van der Waals surface area (Å²) in [5.74, 6) is -1.06. The molecule has 162 valence electrons. The number of benzene rings is 2. The third-order valence-corrected chi connectivity index (χ3v) is 6.12. The number of nitrogens with zero attached hydrogens (tertiary/aromatic N) is 2. The zero-order valence-electron chi connectivity index (χ0n) is 15.6. The molecule has 0 spiro atoms. The Hall–Kier alpha value is -2.03. The first-order chi connectivity index (χ1) is 14.7. The highest BCUT2D eigenvalue weighted by Crippen LogP contribution is 2.46. The van der Waals surface area contributed by atoms with Gasteiger partial charge in [-0.05, 0) is 19.1 Å². The third kappa shape index (κ3) is 4.61. The molecule has 2 aromatic carbocycles. The van der Waals surface area contributed by atoms with Gasteiger partial charge in [-0.15, -0.1) is 0 Å². The molecule has 0 atom stereocenters. The number of esters is 1. The summed E-state index contributed by atoms with van der Waals surface area (Å²) in [7, 11) is 0. The lowest BCUT2D eigenvalue weighted by Crippen LogP contribution is -2.36. The molecule has 1 aliphatic rings. The van der Waals surface area contributed by atoms with Crippen LogP contribution in [0.15, 0.2) is 23.2 Å². The zero-order valence-corrected chi connectivity index (χ0v) is 19.4. The minimum Gasteiger partial charge on any atom is -0.462 e. The van der Waals surface area contributed by atoms with E-state index in [0.29, 0.717) is 11.8 Å². The molecule has 7 nitrogen and oxygen atoms in total. The zero-order chi connectivity index (χ0) is 22.9. The Kier molecular flexibility index (Phi) is 7.34. The van der Waals surface area contributed by atoms with Crippen LogP contribution in [0.5, 0.6) is 0 Å². The predicted octanol–water partition coefficient (Wildman–Crippen LogP) is 5.91. The van der Waals surface area contributed by atoms with Gasteiger partial charge < -0.3 is 4.74 Å². The van der Waals surface area contributed by atoms with E-state index in [1.54, 1.807) is 6.92 Å². The van der Waals surface area contributed by atoms with Crippen LogP contribution in [0.25, 0.3) is 0 Å². The molecule has 0 bridgehead atoms. The van der Waals surface area contributed by atoms with Gasteiger partial charge in [-0.3, -0.25) is 15.0 Å². The average molecular weight is 524 g/mol. The van der Waals surface area contributed by atoms with Crippen LogP contribution in [0.4, 0.5) is 11.4 Å². The number of ether oxygens (including phenoxy) is 1. The first-order valence-electron chi connectivity index (χ1n) is 8.64. The molecule has 1 amide bonds. The number of anilines is 1. The lowest BCUT2D eigenvalue weighted by molar-refractivity contribution is -0.116. The van der Waals surface area contributed by atoms with Crippen LogP contribution < -0.4 is 10.4 Å². The number of carbonyl (C=O) groups excluding carboxylic acids is 3. The first-order valence-corrected chi connectivity index (χ1v) is 10.5. The summed E-state index contributed by atoms with van der Waals surface area (Å²) in [6, 6.07) is 4.52. The lowest BCUT2D eigenvalue weighted by Gasteiger charge is -2.22. The minimum absolute atomic E-state index is 0.0469. The Labute approximate surface area is 201 Å². The van der Waals surface area contributed by atoms with Gasteiger partial charge in [-0.2, -0.15) is 0 Å². The number of hydrogen-bond donors (Lipinski definition) is 1. The van der Waals surface area contributed by atoms with Crippen molar-refractivity contribution in [2.24, 2.45) is 4.99 Å². The Morgan fingerprint density at radius 2 is 1.81 bits per heavy atom. The van der Waals surface area contributed by atoms with E-state index in [2.05, 4.69) is 10.4 Å². The quantitative estimate of drug-likeness (QED) is 0.299. The van der Waals surface area contributed by atoms with Gasteiger partial charge in [0.15, 0.2) is 0 Å². The number of aliphatic imine (C=N–C) groups is 1. The van der Waals surface area contributed by atoms with Gasteiger partial charge in [0.1, 0.15) is 23.4 Å². The summed E-state index contributed by atoms with van der Waals surface area (Å²) in [5.41, 5.74) is 3.16. The lowest BCUT2D eigenvalue weighted by atomic mass is 10.2. The second-order valence-electron chi connectivity index (χ2n) is 6.10. The van der Waals surface area contributed by atoms with Crippen molar-refractivity contribution in [3.05, 3.63) is 54.4 Å². The molecule has 1 N–H and O–H groups in total. The van der Waals surface area contributed by atoms with Crippen LogP contribution in [0.1, 0.15) is 34.1 Å². The molecule has 0 aliphatic carbocycles. The van der Waals surface area contributed by atoms with Gasteiger partial charge in [0, 0.05) is 5.56 Å². The second-order valence-corrected chi connectivity index (χ2v) is 8.02. The van der Waals surface area contributed by atoms with E-state index >= 15 is 0 Å². The Bertz CT molecular complexity index is 1110. The van der Waals surface area contributed by atoms with Crippen molar-refractivity contribution in [3.63, 3.8) is 0 Å².